The van der Waals surface area contributed by atoms with Gasteiger partial charge >= 0.3 is 5.97 Å². The highest BCUT2D eigenvalue weighted by Crippen LogP contribution is 2.23. The minimum absolute atomic E-state index is 0.0893. The number of benzene rings is 1. The van der Waals surface area contributed by atoms with Crippen molar-refractivity contribution < 1.29 is 14.6 Å². The van der Waals surface area contributed by atoms with E-state index in [0.717, 1.165) is 55.2 Å². The topological polar surface area (TPSA) is 72.3 Å². The summed E-state index contributed by atoms with van der Waals surface area (Å²) in [6.45, 7) is 4.24. The molecule has 0 radical (unpaired) electrons. The Hall–Kier alpha value is -2.43. The van der Waals surface area contributed by atoms with Gasteiger partial charge in [-0.25, -0.2) is 9.97 Å². The quantitative estimate of drug-likeness (QED) is 0.497. The molecule has 0 spiro atoms. The van der Waals surface area contributed by atoms with E-state index in [1.165, 1.54) is 0 Å². The second-order valence-electron chi connectivity index (χ2n) is 6.49. The number of aromatic nitrogens is 2. The SMILES string of the molecule is CCOC(=O)CCCCCCCc1cnc(-c2ccc(O)cc2C)nc1. The van der Waals surface area contributed by atoms with Gasteiger partial charge in [0.2, 0.25) is 0 Å². The van der Waals surface area contributed by atoms with Crippen LogP contribution in [-0.4, -0.2) is 27.7 Å². The van der Waals surface area contributed by atoms with Crippen LogP contribution in [0.1, 0.15) is 56.6 Å². The first kappa shape index (κ1) is 19.9. The second kappa shape index (κ2) is 10.5. The van der Waals surface area contributed by atoms with Gasteiger partial charge in [-0.05, 0) is 62.4 Å². The zero-order chi connectivity index (χ0) is 18.8. The van der Waals surface area contributed by atoms with Crippen LogP contribution in [0.15, 0.2) is 30.6 Å². The third kappa shape index (κ3) is 6.47. The van der Waals surface area contributed by atoms with Crippen molar-refractivity contribution in [3.8, 4) is 17.1 Å². The van der Waals surface area contributed by atoms with Crippen LogP contribution in [0.25, 0.3) is 11.4 Å². The van der Waals surface area contributed by atoms with Crippen molar-refractivity contribution in [2.45, 2.75) is 58.8 Å². The Balaban J connectivity index is 1.69. The number of unbranched alkanes of at least 4 members (excludes halogenated alkanes) is 4. The number of phenolic OH excluding ortho intramolecular Hbond substituents is 1. The van der Waals surface area contributed by atoms with Gasteiger partial charge in [0.05, 0.1) is 6.61 Å². The molecule has 0 aliphatic rings. The fourth-order valence-corrected chi connectivity index (χ4v) is 2.88. The molecule has 1 heterocycles. The summed E-state index contributed by atoms with van der Waals surface area (Å²) in [6.07, 6.45) is 10.6. The van der Waals surface area contributed by atoms with E-state index in [0.29, 0.717) is 18.9 Å². The summed E-state index contributed by atoms with van der Waals surface area (Å²) in [5.74, 6) is 0.851. The molecule has 2 rings (SSSR count). The predicted molar refractivity (Wildman–Crippen MR) is 102 cm³/mol. The summed E-state index contributed by atoms with van der Waals surface area (Å²) in [5, 5.41) is 9.49. The molecule has 0 saturated carbocycles. The molecule has 0 amide bonds. The molecule has 0 aliphatic carbocycles. The molecule has 1 N–H and O–H groups in total. The van der Waals surface area contributed by atoms with Gasteiger partial charge in [-0.3, -0.25) is 4.79 Å². The average Bonchev–Trinajstić information content (AvgIpc) is 2.62. The number of nitrogens with zero attached hydrogens (tertiary/aromatic N) is 2. The number of carbonyl (C=O) groups excluding carboxylic acids is 1. The van der Waals surface area contributed by atoms with Crippen LogP contribution in [0.3, 0.4) is 0 Å². The Labute approximate surface area is 155 Å². The van der Waals surface area contributed by atoms with Crippen LogP contribution in [0, 0.1) is 6.92 Å². The second-order valence-corrected chi connectivity index (χ2v) is 6.49. The molecular formula is C21H28N2O3. The normalized spacial score (nSPS) is 10.7. The highest BCUT2D eigenvalue weighted by molar-refractivity contribution is 5.69. The van der Waals surface area contributed by atoms with Crippen LogP contribution in [0.4, 0.5) is 0 Å². The zero-order valence-corrected chi connectivity index (χ0v) is 15.7. The number of esters is 1. The molecule has 0 unspecified atom stereocenters. The number of phenols is 1. The molecule has 0 atom stereocenters. The van der Waals surface area contributed by atoms with Gasteiger partial charge in [-0.2, -0.15) is 0 Å². The smallest absolute Gasteiger partial charge is 0.305 e. The van der Waals surface area contributed by atoms with Crippen molar-refractivity contribution in [1.29, 1.82) is 0 Å². The van der Waals surface area contributed by atoms with Crippen molar-refractivity contribution in [3.05, 3.63) is 41.7 Å². The fourth-order valence-electron chi connectivity index (χ4n) is 2.88. The van der Waals surface area contributed by atoms with Gasteiger partial charge in [-0.15, -0.1) is 0 Å². The van der Waals surface area contributed by atoms with E-state index in [9.17, 15) is 9.90 Å². The maximum absolute atomic E-state index is 11.2. The first-order valence-corrected chi connectivity index (χ1v) is 9.36. The van der Waals surface area contributed by atoms with Crippen LogP contribution in [0.2, 0.25) is 0 Å². The summed E-state index contributed by atoms with van der Waals surface area (Å²) < 4.78 is 4.92. The molecule has 1 aromatic heterocycles. The van der Waals surface area contributed by atoms with E-state index in [1.807, 2.05) is 32.3 Å². The molecule has 0 bridgehead atoms. The van der Waals surface area contributed by atoms with E-state index in [-0.39, 0.29) is 11.7 Å². The van der Waals surface area contributed by atoms with Crippen LogP contribution >= 0.6 is 0 Å². The maximum Gasteiger partial charge on any atom is 0.305 e. The lowest BCUT2D eigenvalue weighted by atomic mass is 10.1. The number of hydrogen-bond acceptors (Lipinski definition) is 5. The number of hydrogen-bond donors (Lipinski definition) is 1. The highest BCUT2D eigenvalue weighted by atomic mass is 16.5. The Bertz CT molecular complexity index is 699. The molecule has 2 aromatic rings. The molecule has 26 heavy (non-hydrogen) atoms. The predicted octanol–water partition coefficient (Wildman–Crippen LogP) is 4.60. The maximum atomic E-state index is 11.2. The molecule has 1 aromatic carbocycles. The number of ether oxygens (including phenoxy) is 1. The summed E-state index contributed by atoms with van der Waals surface area (Å²) in [4.78, 5) is 20.2. The summed E-state index contributed by atoms with van der Waals surface area (Å²) >= 11 is 0. The minimum atomic E-state index is -0.0893. The number of carbonyl (C=O) groups is 1. The Morgan fingerprint density at radius 3 is 2.46 bits per heavy atom. The first-order valence-electron chi connectivity index (χ1n) is 9.36. The lowest BCUT2D eigenvalue weighted by Gasteiger charge is -2.06. The molecule has 0 aliphatic heterocycles. The largest absolute Gasteiger partial charge is 0.508 e. The van der Waals surface area contributed by atoms with Gasteiger partial charge in [0, 0.05) is 24.4 Å². The summed E-state index contributed by atoms with van der Waals surface area (Å²) in [6, 6.07) is 5.21. The Morgan fingerprint density at radius 2 is 1.77 bits per heavy atom. The van der Waals surface area contributed by atoms with Crippen molar-refractivity contribution in [3.63, 3.8) is 0 Å². The highest BCUT2D eigenvalue weighted by Gasteiger charge is 2.06. The third-order valence-corrected chi connectivity index (χ3v) is 4.31. The van der Waals surface area contributed by atoms with Crippen LogP contribution < -0.4 is 0 Å². The molecule has 140 valence electrons. The molecular weight excluding hydrogens is 328 g/mol. The van der Waals surface area contributed by atoms with Gasteiger partial charge in [-0.1, -0.05) is 19.3 Å². The van der Waals surface area contributed by atoms with Crippen molar-refractivity contribution in [2.75, 3.05) is 6.61 Å². The van der Waals surface area contributed by atoms with E-state index in [4.69, 9.17) is 4.74 Å². The summed E-state index contributed by atoms with van der Waals surface area (Å²) in [5.41, 5.74) is 3.04. The monoisotopic (exact) mass is 356 g/mol. The standard InChI is InChI=1S/C21H28N2O3/c1-3-26-20(25)10-8-6-4-5-7-9-17-14-22-21(23-15-17)19-12-11-18(24)13-16(19)2/h11-15,24H,3-10H2,1-2H3. The van der Waals surface area contributed by atoms with E-state index in [2.05, 4.69) is 9.97 Å². The van der Waals surface area contributed by atoms with Gasteiger partial charge in [0.25, 0.3) is 0 Å². The van der Waals surface area contributed by atoms with Gasteiger partial charge in [0.15, 0.2) is 5.82 Å². The third-order valence-electron chi connectivity index (χ3n) is 4.31. The zero-order valence-electron chi connectivity index (χ0n) is 15.7. The molecule has 0 fully saturated rings. The minimum Gasteiger partial charge on any atom is -0.508 e. The molecule has 0 saturated heterocycles. The average molecular weight is 356 g/mol. The van der Waals surface area contributed by atoms with Crippen molar-refractivity contribution in [1.82, 2.24) is 9.97 Å². The van der Waals surface area contributed by atoms with Gasteiger partial charge < -0.3 is 9.84 Å². The van der Waals surface area contributed by atoms with E-state index >= 15 is 0 Å². The molecule has 5 heteroatoms. The van der Waals surface area contributed by atoms with Gasteiger partial charge in [0.1, 0.15) is 5.75 Å². The van der Waals surface area contributed by atoms with Crippen LogP contribution in [-0.2, 0) is 16.0 Å². The lowest BCUT2D eigenvalue weighted by Crippen LogP contribution is -2.03. The first-order chi connectivity index (χ1) is 12.6. The van der Waals surface area contributed by atoms with Crippen molar-refractivity contribution >= 4 is 5.97 Å². The number of aromatic hydroxyl groups is 1. The lowest BCUT2D eigenvalue weighted by molar-refractivity contribution is -0.143. The van der Waals surface area contributed by atoms with Crippen molar-refractivity contribution in [2.24, 2.45) is 0 Å². The van der Waals surface area contributed by atoms with E-state index in [1.54, 1.807) is 12.1 Å². The van der Waals surface area contributed by atoms with Crippen LogP contribution in [0.5, 0.6) is 5.75 Å². The molecule has 5 nitrogen and oxygen atoms in total. The number of aryl methyl sites for hydroxylation is 2. The Morgan fingerprint density at radius 1 is 1.08 bits per heavy atom. The summed E-state index contributed by atoms with van der Waals surface area (Å²) in [7, 11) is 0. The number of rotatable bonds is 10. The fraction of sp³-hybridized carbons (Fsp3) is 0.476. The Kier molecular flexibility index (Phi) is 8.06. The van der Waals surface area contributed by atoms with E-state index < -0.39 is 0 Å².